The predicted molar refractivity (Wildman–Crippen MR) is 43.4 cm³/mol. The molecule has 0 bridgehead atoms. The summed E-state index contributed by atoms with van der Waals surface area (Å²) in [4.78, 5) is 0. The fourth-order valence-electron chi connectivity index (χ4n) is 1.10. The summed E-state index contributed by atoms with van der Waals surface area (Å²) in [5, 5.41) is 9.15. The van der Waals surface area contributed by atoms with Gasteiger partial charge in [0.15, 0.2) is 6.29 Å². The summed E-state index contributed by atoms with van der Waals surface area (Å²) >= 11 is 0. The van der Waals surface area contributed by atoms with Gasteiger partial charge in [0.1, 0.15) is 0 Å². The second kappa shape index (κ2) is 3.98. The van der Waals surface area contributed by atoms with Gasteiger partial charge < -0.3 is 9.84 Å². The van der Waals surface area contributed by atoms with Crippen LogP contribution in [0.25, 0.3) is 0 Å². The van der Waals surface area contributed by atoms with Crippen LogP contribution in [0, 0.1) is 0 Å². The van der Waals surface area contributed by atoms with Crippen molar-refractivity contribution in [1.82, 2.24) is 0 Å². The molecule has 1 atom stereocenters. The van der Waals surface area contributed by atoms with E-state index in [9.17, 15) is 13.2 Å². The average Bonchev–Trinajstić information content (AvgIpc) is 2.15. The van der Waals surface area contributed by atoms with Gasteiger partial charge in [0, 0.05) is 12.7 Å². The number of rotatable bonds is 2. The van der Waals surface area contributed by atoms with Crippen LogP contribution < -0.4 is 0 Å². The van der Waals surface area contributed by atoms with Crippen molar-refractivity contribution in [1.29, 1.82) is 0 Å². The third kappa shape index (κ3) is 2.24. The van der Waals surface area contributed by atoms with Crippen LogP contribution in [-0.4, -0.2) is 12.2 Å². The first-order valence-corrected chi connectivity index (χ1v) is 3.84. The van der Waals surface area contributed by atoms with Gasteiger partial charge in [0.25, 0.3) is 0 Å². The van der Waals surface area contributed by atoms with Gasteiger partial charge in [-0.25, -0.2) is 0 Å². The summed E-state index contributed by atoms with van der Waals surface area (Å²) in [6.45, 7) is 0. The van der Waals surface area contributed by atoms with Crippen molar-refractivity contribution in [3.05, 3.63) is 35.4 Å². The predicted octanol–water partition coefficient (Wildman–Crippen LogP) is 2.34. The van der Waals surface area contributed by atoms with E-state index < -0.39 is 18.0 Å². The van der Waals surface area contributed by atoms with Crippen LogP contribution in [0.2, 0.25) is 0 Å². The van der Waals surface area contributed by atoms with Crippen LogP contribution in [0.1, 0.15) is 17.4 Å². The van der Waals surface area contributed by atoms with Gasteiger partial charge in [-0.3, -0.25) is 0 Å². The highest BCUT2D eigenvalue weighted by atomic mass is 19.4. The molecule has 78 valence electrons. The molecular formula is C9H9F3O2. The van der Waals surface area contributed by atoms with Gasteiger partial charge in [-0.2, -0.15) is 13.2 Å². The molecule has 1 unspecified atom stereocenters. The third-order valence-corrected chi connectivity index (χ3v) is 1.76. The van der Waals surface area contributed by atoms with Gasteiger partial charge in [-0.15, -0.1) is 0 Å². The quantitative estimate of drug-likeness (QED) is 0.752. The molecule has 0 spiro atoms. The topological polar surface area (TPSA) is 29.5 Å². The van der Waals surface area contributed by atoms with Crippen molar-refractivity contribution in [3.63, 3.8) is 0 Å². The molecule has 1 N–H and O–H groups in total. The molecule has 0 saturated carbocycles. The number of benzene rings is 1. The minimum absolute atomic E-state index is 0.275. The Kier molecular flexibility index (Phi) is 3.13. The van der Waals surface area contributed by atoms with Crippen molar-refractivity contribution >= 4 is 0 Å². The molecule has 0 radical (unpaired) electrons. The van der Waals surface area contributed by atoms with E-state index in [1.165, 1.54) is 18.2 Å². The van der Waals surface area contributed by atoms with Crippen LogP contribution in [0.3, 0.4) is 0 Å². The molecule has 2 nitrogen and oxygen atoms in total. The number of hydrogen-bond donors (Lipinski definition) is 1. The minimum Gasteiger partial charge on any atom is -0.364 e. The van der Waals surface area contributed by atoms with E-state index in [1.54, 1.807) is 0 Å². The second-order valence-corrected chi connectivity index (χ2v) is 2.67. The molecule has 1 rings (SSSR count). The number of halogens is 3. The van der Waals surface area contributed by atoms with E-state index in [-0.39, 0.29) is 5.56 Å². The molecule has 1 aromatic rings. The molecule has 0 aliphatic carbocycles. The number of ether oxygens (including phenoxy) is 1. The molecule has 0 fully saturated rings. The maximum absolute atomic E-state index is 12.4. The first-order chi connectivity index (χ1) is 6.46. The van der Waals surface area contributed by atoms with E-state index in [0.29, 0.717) is 0 Å². The highest BCUT2D eigenvalue weighted by molar-refractivity contribution is 5.30. The summed E-state index contributed by atoms with van der Waals surface area (Å²) in [5.41, 5.74) is -1.16. The number of methoxy groups -OCH3 is 1. The van der Waals surface area contributed by atoms with E-state index in [0.717, 1.165) is 13.2 Å². The Hall–Kier alpha value is -1.07. The molecule has 14 heavy (non-hydrogen) atoms. The third-order valence-electron chi connectivity index (χ3n) is 1.76. The van der Waals surface area contributed by atoms with Crippen molar-refractivity contribution in [2.75, 3.05) is 7.11 Å². The van der Waals surface area contributed by atoms with Gasteiger partial charge in [-0.05, 0) is 6.07 Å². The number of alkyl halides is 3. The average molecular weight is 206 g/mol. The van der Waals surface area contributed by atoms with E-state index >= 15 is 0 Å². The van der Waals surface area contributed by atoms with Crippen molar-refractivity contribution < 1.29 is 23.0 Å². The first-order valence-electron chi connectivity index (χ1n) is 3.84. The van der Waals surface area contributed by atoms with Crippen LogP contribution >= 0.6 is 0 Å². The standard InChI is InChI=1S/C9H9F3O2/c1-14-8(13)6-4-2-3-5-7(6)9(10,11)12/h2-5,8,13H,1H3. The lowest BCUT2D eigenvalue weighted by Crippen LogP contribution is -2.12. The Morgan fingerprint density at radius 3 is 2.36 bits per heavy atom. The molecule has 5 heteroatoms. The maximum atomic E-state index is 12.4. The summed E-state index contributed by atoms with van der Waals surface area (Å²) in [5.74, 6) is 0. The lowest BCUT2D eigenvalue weighted by Gasteiger charge is -2.15. The van der Waals surface area contributed by atoms with Crippen molar-refractivity contribution in [2.45, 2.75) is 12.5 Å². The Morgan fingerprint density at radius 2 is 1.86 bits per heavy atom. The van der Waals surface area contributed by atoms with Gasteiger partial charge >= 0.3 is 6.18 Å². The number of aliphatic hydroxyl groups is 1. The van der Waals surface area contributed by atoms with Crippen molar-refractivity contribution in [2.24, 2.45) is 0 Å². The smallest absolute Gasteiger partial charge is 0.364 e. The molecule has 0 aliphatic rings. The zero-order valence-corrected chi connectivity index (χ0v) is 7.38. The highest BCUT2D eigenvalue weighted by Crippen LogP contribution is 2.34. The Bertz CT molecular complexity index is 309. The molecular weight excluding hydrogens is 197 g/mol. The summed E-state index contributed by atoms with van der Waals surface area (Å²) < 4.78 is 41.6. The minimum atomic E-state index is -4.48. The zero-order chi connectivity index (χ0) is 10.8. The molecule has 0 heterocycles. The van der Waals surface area contributed by atoms with Gasteiger partial charge in [0.2, 0.25) is 0 Å². The zero-order valence-electron chi connectivity index (χ0n) is 7.38. The summed E-state index contributed by atoms with van der Waals surface area (Å²) in [6.07, 6.45) is -6.02. The van der Waals surface area contributed by atoms with Crippen LogP contribution in [0.15, 0.2) is 24.3 Å². The summed E-state index contributed by atoms with van der Waals surface area (Å²) in [6, 6.07) is 4.75. The van der Waals surface area contributed by atoms with E-state index in [2.05, 4.69) is 4.74 Å². The summed E-state index contributed by atoms with van der Waals surface area (Å²) in [7, 11) is 1.14. The Balaban J connectivity index is 3.16. The number of hydrogen-bond acceptors (Lipinski definition) is 2. The van der Waals surface area contributed by atoms with E-state index in [1.807, 2.05) is 0 Å². The molecule has 1 aromatic carbocycles. The largest absolute Gasteiger partial charge is 0.416 e. The fourth-order valence-corrected chi connectivity index (χ4v) is 1.10. The molecule has 0 aliphatic heterocycles. The normalized spacial score (nSPS) is 14.1. The van der Waals surface area contributed by atoms with Crippen LogP contribution in [0.4, 0.5) is 13.2 Å². The second-order valence-electron chi connectivity index (χ2n) is 2.67. The van der Waals surface area contributed by atoms with Crippen molar-refractivity contribution in [3.8, 4) is 0 Å². The fraction of sp³-hybridized carbons (Fsp3) is 0.333. The number of aliphatic hydroxyl groups excluding tert-OH is 1. The Morgan fingerprint density at radius 1 is 1.29 bits per heavy atom. The van der Waals surface area contributed by atoms with Crippen LogP contribution in [0.5, 0.6) is 0 Å². The monoisotopic (exact) mass is 206 g/mol. The molecule has 0 aromatic heterocycles. The highest BCUT2D eigenvalue weighted by Gasteiger charge is 2.34. The van der Waals surface area contributed by atoms with Gasteiger partial charge in [-0.1, -0.05) is 18.2 Å². The SMILES string of the molecule is COC(O)c1ccccc1C(F)(F)F. The molecule has 0 amide bonds. The van der Waals surface area contributed by atoms with Crippen LogP contribution in [-0.2, 0) is 10.9 Å². The molecule has 0 saturated heterocycles. The Labute approximate surface area is 78.9 Å². The maximum Gasteiger partial charge on any atom is 0.416 e. The lowest BCUT2D eigenvalue weighted by atomic mass is 10.1. The van der Waals surface area contributed by atoms with Gasteiger partial charge in [0.05, 0.1) is 5.56 Å². The van der Waals surface area contributed by atoms with E-state index in [4.69, 9.17) is 5.11 Å². The lowest BCUT2D eigenvalue weighted by molar-refractivity contribution is -0.144. The first kappa shape index (κ1) is 11.0.